The van der Waals surface area contributed by atoms with Gasteiger partial charge in [-0.05, 0) is 63.4 Å². The Morgan fingerprint density at radius 1 is 0.741 bits per heavy atom. The van der Waals surface area contributed by atoms with E-state index < -0.39 is 0 Å². The van der Waals surface area contributed by atoms with Gasteiger partial charge in [-0.25, -0.2) is 0 Å². The number of nitrogens with two attached hydrogens (primary N) is 1. The fraction of sp³-hybridized carbons (Fsp3) is 0.0833. The van der Waals surface area contributed by atoms with Crippen LogP contribution in [0.25, 0.3) is 33.0 Å². The fourth-order valence-electron chi connectivity index (χ4n) is 3.59. The number of hydrogen-bond acceptors (Lipinski definition) is 2. The van der Waals surface area contributed by atoms with Crippen LogP contribution in [-0.4, -0.2) is 0 Å². The molecule has 0 bridgehead atoms. The van der Waals surface area contributed by atoms with Gasteiger partial charge < -0.3 is 5.73 Å². The van der Waals surface area contributed by atoms with E-state index in [2.05, 4.69) is 54.6 Å². The van der Waals surface area contributed by atoms with Crippen molar-refractivity contribution >= 4 is 39.8 Å². The van der Waals surface area contributed by atoms with Gasteiger partial charge in [0.25, 0.3) is 0 Å². The van der Waals surface area contributed by atoms with E-state index in [1.54, 1.807) is 17.8 Å². The summed E-state index contributed by atoms with van der Waals surface area (Å²) in [5, 5.41) is 3.27. The molecule has 27 heavy (non-hydrogen) atoms. The molecule has 0 heterocycles. The predicted molar refractivity (Wildman–Crippen MR) is 120 cm³/mol. The maximum atomic E-state index is 6.13. The summed E-state index contributed by atoms with van der Waals surface area (Å²) < 4.78 is 0. The molecule has 3 heteroatoms. The van der Waals surface area contributed by atoms with Crippen LogP contribution in [0.1, 0.15) is 13.8 Å². The minimum Gasteiger partial charge on any atom is -0.398 e. The molecule has 1 nitrogen and oxygen atoms in total. The molecule has 0 fully saturated rings. The first-order valence-corrected chi connectivity index (χ1v) is 10.3. The van der Waals surface area contributed by atoms with Crippen molar-refractivity contribution in [3.63, 3.8) is 0 Å². The molecule has 0 saturated carbocycles. The van der Waals surface area contributed by atoms with Crippen molar-refractivity contribution in [1.29, 1.82) is 0 Å². The first-order chi connectivity index (χ1) is 13.2. The summed E-state index contributed by atoms with van der Waals surface area (Å²) in [6, 6.07) is 25.3. The Kier molecular flexibility index (Phi) is 4.86. The molecule has 5 rings (SSSR count). The molecule has 0 aromatic heterocycles. The zero-order chi connectivity index (χ0) is 19.0. The van der Waals surface area contributed by atoms with Crippen LogP contribution in [0.15, 0.2) is 82.6 Å². The molecule has 0 radical (unpaired) electrons. The monoisotopic (exact) mass is 389 g/mol. The Bertz CT molecular complexity index is 1150. The van der Waals surface area contributed by atoms with Gasteiger partial charge in [-0.1, -0.05) is 79.7 Å². The summed E-state index contributed by atoms with van der Waals surface area (Å²) >= 11 is 7.70. The summed E-state index contributed by atoms with van der Waals surface area (Å²) in [4.78, 5) is 2.21. The lowest BCUT2D eigenvalue weighted by molar-refractivity contribution is 1.43. The highest BCUT2D eigenvalue weighted by Gasteiger charge is 2.21. The molecule has 4 aromatic carbocycles. The molecule has 4 aromatic rings. The van der Waals surface area contributed by atoms with Crippen LogP contribution in [0.5, 0.6) is 0 Å². The van der Waals surface area contributed by atoms with Crippen molar-refractivity contribution < 1.29 is 0 Å². The van der Waals surface area contributed by atoms with E-state index in [0.717, 1.165) is 4.90 Å². The smallest absolute Gasteiger partial charge is 0.0470 e. The van der Waals surface area contributed by atoms with E-state index in [1.807, 2.05) is 26.0 Å². The van der Waals surface area contributed by atoms with Crippen LogP contribution in [0.2, 0.25) is 5.02 Å². The van der Waals surface area contributed by atoms with Crippen molar-refractivity contribution in [3.8, 4) is 22.3 Å². The van der Waals surface area contributed by atoms with E-state index in [9.17, 15) is 0 Å². The lowest BCUT2D eigenvalue weighted by Crippen LogP contribution is -1.88. The van der Waals surface area contributed by atoms with E-state index in [0.29, 0.717) is 10.7 Å². The average Bonchev–Trinajstić information content (AvgIpc) is 3.02. The fourth-order valence-corrected chi connectivity index (χ4v) is 4.70. The van der Waals surface area contributed by atoms with Crippen LogP contribution < -0.4 is 5.73 Å². The number of halogens is 1. The number of hydrogen-bond donors (Lipinski definition) is 1. The van der Waals surface area contributed by atoms with Gasteiger partial charge in [0.15, 0.2) is 0 Å². The predicted octanol–water partition coefficient (Wildman–Crippen LogP) is 7.90. The standard InChI is InChI=1S/C22H14ClNS.C2H6/c23-14-8-9-21(20(24)11-14)25-15-10-13-4-3-7-18-16-5-1-2-6-17(16)19(12-15)22(13)18;1-2/h1-12H,24H2;1-2H3. The van der Waals surface area contributed by atoms with Gasteiger partial charge >= 0.3 is 0 Å². The number of rotatable bonds is 2. The number of benzene rings is 4. The molecule has 1 aliphatic rings. The quantitative estimate of drug-likeness (QED) is 0.310. The Labute approximate surface area is 169 Å². The highest BCUT2D eigenvalue weighted by atomic mass is 35.5. The minimum absolute atomic E-state index is 0.664. The third kappa shape index (κ3) is 3.09. The zero-order valence-corrected chi connectivity index (χ0v) is 16.9. The lowest BCUT2D eigenvalue weighted by atomic mass is 10.0. The third-order valence-corrected chi connectivity index (χ3v) is 5.96. The number of nitrogen functional groups attached to an aromatic ring is 1. The highest BCUT2D eigenvalue weighted by molar-refractivity contribution is 7.99. The summed E-state index contributed by atoms with van der Waals surface area (Å²) in [6.45, 7) is 4.00. The summed E-state index contributed by atoms with van der Waals surface area (Å²) in [7, 11) is 0. The van der Waals surface area contributed by atoms with Crippen molar-refractivity contribution in [3.05, 3.63) is 77.8 Å². The Morgan fingerprint density at radius 3 is 2.19 bits per heavy atom. The SMILES string of the molecule is CC.Nc1cc(Cl)ccc1Sc1cc2c3c(cccc3c1)-c1ccccc1-2. The Hall–Kier alpha value is -2.42. The molecule has 2 N–H and O–H groups in total. The maximum absolute atomic E-state index is 6.13. The number of fused-ring (bicyclic) bond motifs is 3. The van der Waals surface area contributed by atoms with E-state index in [-0.39, 0.29) is 0 Å². The zero-order valence-electron chi connectivity index (χ0n) is 15.3. The normalized spacial score (nSPS) is 11.1. The third-order valence-electron chi connectivity index (χ3n) is 4.66. The van der Waals surface area contributed by atoms with Gasteiger partial charge in [-0.3, -0.25) is 0 Å². The highest BCUT2D eigenvalue weighted by Crippen LogP contribution is 2.49. The van der Waals surface area contributed by atoms with E-state index in [1.165, 1.54) is 37.9 Å². The van der Waals surface area contributed by atoms with Crippen molar-refractivity contribution in [2.24, 2.45) is 0 Å². The first-order valence-electron chi connectivity index (χ1n) is 9.10. The lowest BCUT2D eigenvalue weighted by Gasteiger charge is -2.09. The Balaban J connectivity index is 0.000000872. The van der Waals surface area contributed by atoms with E-state index in [4.69, 9.17) is 17.3 Å². The second kappa shape index (κ2) is 7.30. The molecule has 0 atom stereocenters. The molecule has 0 saturated heterocycles. The summed E-state index contributed by atoms with van der Waals surface area (Å²) in [5.74, 6) is 0. The van der Waals surface area contributed by atoms with Crippen LogP contribution in [0, 0.1) is 0 Å². The van der Waals surface area contributed by atoms with Crippen LogP contribution in [0.4, 0.5) is 5.69 Å². The summed E-state index contributed by atoms with van der Waals surface area (Å²) in [6.07, 6.45) is 0. The molecule has 0 spiro atoms. The molecular formula is C24H20ClNS. The largest absolute Gasteiger partial charge is 0.398 e. The topological polar surface area (TPSA) is 26.0 Å². The maximum Gasteiger partial charge on any atom is 0.0470 e. The molecule has 0 amide bonds. The number of anilines is 1. The molecule has 1 aliphatic carbocycles. The average molecular weight is 390 g/mol. The van der Waals surface area contributed by atoms with Crippen LogP contribution in [0.3, 0.4) is 0 Å². The van der Waals surface area contributed by atoms with Gasteiger partial charge in [-0.2, -0.15) is 0 Å². The van der Waals surface area contributed by atoms with E-state index >= 15 is 0 Å². The van der Waals surface area contributed by atoms with Crippen molar-refractivity contribution in [2.75, 3.05) is 5.73 Å². The molecule has 134 valence electrons. The van der Waals surface area contributed by atoms with Crippen LogP contribution in [-0.2, 0) is 0 Å². The molecule has 0 aliphatic heterocycles. The second-order valence-electron chi connectivity index (χ2n) is 6.20. The van der Waals surface area contributed by atoms with Gasteiger partial charge in [0, 0.05) is 20.5 Å². The first kappa shape index (κ1) is 18.0. The molecular weight excluding hydrogens is 370 g/mol. The summed E-state index contributed by atoms with van der Waals surface area (Å²) in [5.41, 5.74) is 12.1. The van der Waals surface area contributed by atoms with Gasteiger partial charge in [0.05, 0.1) is 0 Å². The molecule has 0 unspecified atom stereocenters. The Morgan fingerprint density at radius 2 is 1.44 bits per heavy atom. The van der Waals surface area contributed by atoms with Crippen molar-refractivity contribution in [2.45, 2.75) is 23.6 Å². The van der Waals surface area contributed by atoms with Gasteiger partial charge in [-0.15, -0.1) is 0 Å². The van der Waals surface area contributed by atoms with Crippen molar-refractivity contribution in [1.82, 2.24) is 0 Å². The second-order valence-corrected chi connectivity index (χ2v) is 7.76. The van der Waals surface area contributed by atoms with Gasteiger partial charge in [0.1, 0.15) is 0 Å². The van der Waals surface area contributed by atoms with Gasteiger partial charge in [0.2, 0.25) is 0 Å². The van der Waals surface area contributed by atoms with Crippen LogP contribution >= 0.6 is 23.4 Å². The minimum atomic E-state index is 0.664.